The van der Waals surface area contributed by atoms with Crippen LogP contribution in [0.2, 0.25) is 5.02 Å². The molecule has 3 aromatic rings. The van der Waals surface area contributed by atoms with Crippen LogP contribution in [0.1, 0.15) is 25.3 Å². The Hall–Kier alpha value is -2.39. The maximum absolute atomic E-state index is 13.4. The number of benzene rings is 2. The van der Waals surface area contributed by atoms with E-state index in [1.807, 2.05) is 17.9 Å². The molecule has 0 spiro atoms. The van der Waals surface area contributed by atoms with Gasteiger partial charge in [-0.2, -0.15) is 0 Å². The maximum Gasteiger partial charge on any atom is 0.262 e. The minimum absolute atomic E-state index is 0.0164. The fourth-order valence-electron chi connectivity index (χ4n) is 4.85. The summed E-state index contributed by atoms with van der Waals surface area (Å²) in [5.74, 6) is 0.0727. The van der Waals surface area contributed by atoms with E-state index in [9.17, 15) is 9.59 Å². The Labute approximate surface area is 220 Å². The minimum Gasteiger partial charge on any atom is -0.376 e. The van der Waals surface area contributed by atoms with Gasteiger partial charge in [-0.25, -0.2) is 4.98 Å². The first-order chi connectivity index (χ1) is 17.5. The first-order valence-corrected chi connectivity index (χ1v) is 13.8. The van der Waals surface area contributed by atoms with Crippen molar-refractivity contribution in [1.29, 1.82) is 0 Å². The van der Waals surface area contributed by atoms with Gasteiger partial charge in [0.15, 0.2) is 5.16 Å². The number of fused-ring (bicyclic) bond motifs is 1. The van der Waals surface area contributed by atoms with Gasteiger partial charge in [-0.1, -0.05) is 53.7 Å². The normalized spacial score (nSPS) is 19.6. The number of piperazine rings is 1. The Morgan fingerprint density at radius 2 is 1.94 bits per heavy atom. The molecule has 7 nitrogen and oxygen atoms in total. The molecule has 0 bridgehead atoms. The van der Waals surface area contributed by atoms with E-state index in [-0.39, 0.29) is 22.8 Å². The molecule has 2 aliphatic rings. The third-order valence-electron chi connectivity index (χ3n) is 6.86. The molecule has 36 heavy (non-hydrogen) atoms. The van der Waals surface area contributed by atoms with Gasteiger partial charge in [0.25, 0.3) is 5.56 Å². The number of ether oxygens (including phenoxy) is 1. The van der Waals surface area contributed by atoms with Crippen LogP contribution in [0.15, 0.2) is 58.5 Å². The zero-order valence-corrected chi connectivity index (χ0v) is 22.0. The number of halogens is 1. The van der Waals surface area contributed by atoms with Crippen molar-refractivity contribution < 1.29 is 9.53 Å². The fourth-order valence-corrected chi connectivity index (χ4v) is 6.02. The molecule has 0 aliphatic carbocycles. The molecule has 1 aromatic heterocycles. The molecule has 2 aromatic carbocycles. The van der Waals surface area contributed by atoms with Crippen LogP contribution in [0.5, 0.6) is 0 Å². The highest BCUT2D eigenvalue weighted by Gasteiger charge is 2.28. The number of hydrogen-bond donors (Lipinski definition) is 0. The Bertz CT molecular complexity index is 1270. The monoisotopic (exact) mass is 526 g/mol. The van der Waals surface area contributed by atoms with Crippen LogP contribution >= 0.6 is 23.4 Å². The minimum atomic E-state index is -0.370. The summed E-state index contributed by atoms with van der Waals surface area (Å²) in [5.41, 5.74) is 1.71. The zero-order chi connectivity index (χ0) is 25.1. The van der Waals surface area contributed by atoms with Crippen LogP contribution in [0, 0.1) is 0 Å². The van der Waals surface area contributed by atoms with Crippen molar-refractivity contribution in [3.8, 4) is 0 Å². The van der Waals surface area contributed by atoms with Crippen molar-refractivity contribution in [1.82, 2.24) is 19.4 Å². The zero-order valence-electron chi connectivity index (χ0n) is 20.4. The second-order valence-corrected chi connectivity index (χ2v) is 11.2. The van der Waals surface area contributed by atoms with Crippen molar-refractivity contribution in [3.63, 3.8) is 0 Å². The molecular weight excluding hydrogens is 496 g/mol. The number of aromatic nitrogens is 2. The highest BCUT2D eigenvalue weighted by Crippen LogP contribution is 2.27. The summed E-state index contributed by atoms with van der Waals surface area (Å²) in [6.07, 6.45) is 1.89. The molecule has 5 rings (SSSR count). The number of nitrogens with zero attached hydrogens (tertiary/aromatic N) is 4. The third-order valence-corrected chi connectivity index (χ3v) is 8.17. The van der Waals surface area contributed by atoms with E-state index in [2.05, 4.69) is 29.2 Å². The average molecular weight is 527 g/mol. The topological polar surface area (TPSA) is 67.7 Å². The standard InChI is InChI=1S/C27H31ClN4O3S/c1-19(25(33)31-13-11-30(12-14-31)17-20-6-3-2-4-7-20)36-27-29-24-16-21(28)9-10-23(24)26(34)32(27)18-22-8-5-15-35-22/h2-4,6-7,9-10,16,19,22H,5,8,11-15,17-18H2,1H3/t19-,22-/m0/s1. The summed E-state index contributed by atoms with van der Waals surface area (Å²) in [4.78, 5) is 35.8. The Morgan fingerprint density at radius 3 is 2.67 bits per heavy atom. The summed E-state index contributed by atoms with van der Waals surface area (Å²) >= 11 is 7.52. The van der Waals surface area contributed by atoms with E-state index in [1.165, 1.54) is 17.3 Å². The molecule has 2 saturated heterocycles. The van der Waals surface area contributed by atoms with Crippen molar-refractivity contribution >= 4 is 40.2 Å². The van der Waals surface area contributed by atoms with E-state index < -0.39 is 0 Å². The summed E-state index contributed by atoms with van der Waals surface area (Å²) < 4.78 is 7.48. The molecule has 0 unspecified atom stereocenters. The highest BCUT2D eigenvalue weighted by molar-refractivity contribution is 8.00. The van der Waals surface area contributed by atoms with Gasteiger partial charge < -0.3 is 9.64 Å². The van der Waals surface area contributed by atoms with Crippen LogP contribution in [0.25, 0.3) is 10.9 Å². The number of hydrogen-bond acceptors (Lipinski definition) is 6. The molecule has 2 fully saturated rings. The Morgan fingerprint density at radius 1 is 1.17 bits per heavy atom. The molecule has 190 valence electrons. The van der Waals surface area contributed by atoms with E-state index in [0.717, 1.165) is 32.5 Å². The first-order valence-electron chi connectivity index (χ1n) is 12.5. The molecule has 0 N–H and O–H groups in total. The number of amides is 1. The SMILES string of the molecule is C[C@H](Sc1nc2cc(Cl)ccc2c(=O)n1C[C@@H]1CCCO1)C(=O)N1CCN(Cc2ccccc2)CC1. The summed E-state index contributed by atoms with van der Waals surface area (Å²) in [6, 6.07) is 15.5. The largest absolute Gasteiger partial charge is 0.376 e. The quantitative estimate of drug-likeness (QED) is 0.342. The summed E-state index contributed by atoms with van der Waals surface area (Å²) in [7, 11) is 0. The Balaban J connectivity index is 1.29. The van der Waals surface area contributed by atoms with Gasteiger partial charge in [-0.15, -0.1) is 0 Å². The third kappa shape index (κ3) is 5.78. The van der Waals surface area contributed by atoms with Gasteiger partial charge in [0, 0.05) is 44.4 Å². The number of carbonyl (C=O) groups excluding carboxylic acids is 1. The maximum atomic E-state index is 13.4. The lowest BCUT2D eigenvalue weighted by molar-refractivity contribution is -0.132. The number of carbonyl (C=O) groups is 1. The van der Waals surface area contributed by atoms with Crippen LogP contribution in [0.3, 0.4) is 0 Å². The predicted octanol–water partition coefficient (Wildman–Crippen LogP) is 4.05. The van der Waals surface area contributed by atoms with E-state index >= 15 is 0 Å². The first kappa shape index (κ1) is 25.3. The van der Waals surface area contributed by atoms with Crippen molar-refractivity contribution in [2.24, 2.45) is 0 Å². The smallest absolute Gasteiger partial charge is 0.262 e. The molecule has 0 radical (unpaired) electrons. The van der Waals surface area contributed by atoms with E-state index in [0.29, 0.717) is 47.3 Å². The summed E-state index contributed by atoms with van der Waals surface area (Å²) in [5, 5.41) is 1.22. The van der Waals surface area contributed by atoms with Crippen LogP contribution in [-0.2, 0) is 22.6 Å². The van der Waals surface area contributed by atoms with Gasteiger partial charge >= 0.3 is 0 Å². The molecule has 9 heteroatoms. The average Bonchev–Trinajstić information content (AvgIpc) is 3.40. The van der Waals surface area contributed by atoms with Gasteiger partial charge in [-0.05, 0) is 43.5 Å². The van der Waals surface area contributed by atoms with Crippen LogP contribution in [-0.4, -0.2) is 69.4 Å². The second kappa shape index (κ2) is 11.3. The molecule has 0 saturated carbocycles. The lowest BCUT2D eigenvalue weighted by Crippen LogP contribution is -2.50. The molecule has 1 amide bonds. The van der Waals surface area contributed by atoms with Crippen LogP contribution in [0.4, 0.5) is 0 Å². The molecular formula is C27H31ClN4O3S. The van der Waals surface area contributed by atoms with Gasteiger partial charge in [-0.3, -0.25) is 19.1 Å². The van der Waals surface area contributed by atoms with Gasteiger partial charge in [0.1, 0.15) is 0 Å². The van der Waals surface area contributed by atoms with Gasteiger partial charge in [0.05, 0.1) is 28.8 Å². The molecule has 2 aliphatic heterocycles. The predicted molar refractivity (Wildman–Crippen MR) is 144 cm³/mol. The van der Waals surface area contributed by atoms with Crippen molar-refractivity contribution in [3.05, 3.63) is 69.5 Å². The number of thioether (sulfide) groups is 1. The Kier molecular flexibility index (Phi) is 7.96. The van der Waals surface area contributed by atoms with Gasteiger partial charge in [0.2, 0.25) is 5.91 Å². The highest BCUT2D eigenvalue weighted by atomic mass is 35.5. The van der Waals surface area contributed by atoms with E-state index in [1.54, 1.807) is 22.8 Å². The van der Waals surface area contributed by atoms with E-state index in [4.69, 9.17) is 21.3 Å². The lowest BCUT2D eigenvalue weighted by atomic mass is 10.2. The molecule has 3 heterocycles. The summed E-state index contributed by atoms with van der Waals surface area (Å²) in [6.45, 7) is 7.01. The second-order valence-electron chi connectivity index (χ2n) is 9.45. The number of rotatable bonds is 7. The lowest BCUT2D eigenvalue weighted by Gasteiger charge is -2.36. The van der Waals surface area contributed by atoms with Crippen molar-refractivity contribution in [2.75, 3.05) is 32.8 Å². The van der Waals surface area contributed by atoms with Crippen LogP contribution < -0.4 is 5.56 Å². The van der Waals surface area contributed by atoms with Crippen molar-refractivity contribution in [2.45, 2.75) is 49.4 Å². The fraction of sp³-hybridized carbons (Fsp3) is 0.444. The molecule has 2 atom stereocenters.